The fraction of sp³-hybridized carbons (Fsp3) is 0.385. The number of hydrogen-bond acceptors (Lipinski definition) is 5. The zero-order valence-electron chi connectivity index (χ0n) is 20.0. The summed E-state index contributed by atoms with van der Waals surface area (Å²) in [6, 6.07) is 16.9. The van der Waals surface area contributed by atoms with Crippen molar-refractivity contribution in [2.75, 3.05) is 6.54 Å². The Hall–Kier alpha value is -2.90. The second-order valence-corrected chi connectivity index (χ2v) is 9.12. The highest BCUT2D eigenvalue weighted by Gasteiger charge is 2.52. The third-order valence-corrected chi connectivity index (χ3v) is 6.11. The van der Waals surface area contributed by atoms with Crippen LogP contribution in [-0.2, 0) is 20.7 Å². The molecule has 2 aromatic rings. The number of benzene rings is 2. The number of alkyl carbamates (subject to hydrolysis) is 1. The van der Waals surface area contributed by atoms with E-state index in [1.54, 1.807) is 12.1 Å². The summed E-state index contributed by atoms with van der Waals surface area (Å²) in [6.07, 6.45) is 1.86. The Morgan fingerprint density at radius 2 is 1.58 bits per heavy atom. The minimum atomic E-state index is -0.624. The maximum atomic E-state index is 12.3. The van der Waals surface area contributed by atoms with E-state index in [1.807, 2.05) is 83.2 Å². The van der Waals surface area contributed by atoms with Crippen LogP contribution in [0.3, 0.4) is 0 Å². The Balaban J connectivity index is 1.73. The maximum absolute atomic E-state index is 12.3. The van der Waals surface area contributed by atoms with Crippen molar-refractivity contribution < 1.29 is 23.6 Å². The van der Waals surface area contributed by atoms with Crippen molar-refractivity contribution in [2.24, 2.45) is 0 Å². The van der Waals surface area contributed by atoms with Gasteiger partial charge in [0.15, 0.2) is 5.78 Å². The van der Waals surface area contributed by atoms with E-state index in [0.29, 0.717) is 12.0 Å². The van der Waals surface area contributed by atoms with Crippen LogP contribution < -0.4 is 5.32 Å². The first-order chi connectivity index (χ1) is 15.6. The van der Waals surface area contributed by atoms with Gasteiger partial charge in [0.25, 0.3) is 0 Å². The van der Waals surface area contributed by atoms with E-state index in [2.05, 4.69) is 5.32 Å². The smallest absolute Gasteiger partial charge is 0.445 e. The average molecular weight is 449 g/mol. The number of carbonyl (C=O) groups excluding carboxylic acids is 2. The van der Waals surface area contributed by atoms with Crippen LogP contribution in [0.5, 0.6) is 0 Å². The van der Waals surface area contributed by atoms with Crippen molar-refractivity contribution in [3.63, 3.8) is 0 Å². The van der Waals surface area contributed by atoms with Crippen molar-refractivity contribution in [1.82, 2.24) is 5.32 Å². The summed E-state index contributed by atoms with van der Waals surface area (Å²) < 4.78 is 17.7. The summed E-state index contributed by atoms with van der Waals surface area (Å²) in [4.78, 5) is 24.2. The van der Waals surface area contributed by atoms with Gasteiger partial charge in [-0.25, -0.2) is 4.79 Å². The van der Waals surface area contributed by atoms with Gasteiger partial charge >= 0.3 is 13.2 Å². The highest BCUT2D eigenvalue weighted by Crippen LogP contribution is 2.38. The fourth-order valence-corrected chi connectivity index (χ4v) is 3.33. The Kier molecular flexibility index (Phi) is 7.77. The van der Waals surface area contributed by atoms with Gasteiger partial charge in [0, 0.05) is 18.5 Å². The van der Waals surface area contributed by atoms with Gasteiger partial charge in [-0.2, -0.15) is 0 Å². The largest absolute Gasteiger partial charge is 0.492 e. The molecule has 1 heterocycles. The van der Waals surface area contributed by atoms with Crippen LogP contribution in [0.25, 0.3) is 6.08 Å². The second-order valence-electron chi connectivity index (χ2n) is 9.12. The molecule has 174 valence electrons. The molecule has 0 spiro atoms. The highest BCUT2D eigenvalue weighted by atomic mass is 16.7. The van der Waals surface area contributed by atoms with E-state index in [9.17, 15) is 9.59 Å². The SMILES string of the molecule is CCC(=O)c1ccc(C=C(CNC(=O)OCc2ccccc2)B2OC(C)(C)C(C)(C)O2)cc1. The molecule has 0 atom stereocenters. The monoisotopic (exact) mass is 449 g/mol. The van der Waals surface area contributed by atoms with E-state index in [4.69, 9.17) is 14.0 Å². The van der Waals surface area contributed by atoms with Crippen LogP contribution in [0.1, 0.15) is 62.5 Å². The summed E-state index contributed by atoms with van der Waals surface area (Å²) in [5, 5.41) is 2.80. The van der Waals surface area contributed by atoms with Crippen LogP contribution >= 0.6 is 0 Å². The van der Waals surface area contributed by atoms with Crippen molar-refractivity contribution >= 4 is 25.1 Å². The summed E-state index contributed by atoms with van der Waals surface area (Å²) in [5.74, 6) is 0.0968. The molecule has 1 fully saturated rings. The van der Waals surface area contributed by atoms with Crippen molar-refractivity contribution in [1.29, 1.82) is 0 Å². The summed E-state index contributed by atoms with van der Waals surface area (Å²) in [6.45, 7) is 10.2. The molecule has 1 aliphatic heterocycles. The number of nitrogens with one attached hydrogen (secondary N) is 1. The fourth-order valence-electron chi connectivity index (χ4n) is 3.33. The van der Waals surface area contributed by atoms with E-state index in [1.165, 1.54) is 0 Å². The molecular weight excluding hydrogens is 417 g/mol. The van der Waals surface area contributed by atoms with Gasteiger partial charge < -0.3 is 19.4 Å². The maximum Gasteiger partial charge on any atom is 0.492 e. The Morgan fingerprint density at radius 3 is 2.15 bits per heavy atom. The van der Waals surface area contributed by atoms with Gasteiger partial charge in [-0.1, -0.05) is 67.6 Å². The van der Waals surface area contributed by atoms with Gasteiger partial charge in [0.05, 0.1) is 11.2 Å². The lowest BCUT2D eigenvalue weighted by molar-refractivity contribution is 0.00578. The van der Waals surface area contributed by atoms with E-state index in [-0.39, 0.29) is 18.9 Å². The van der Waals surface area contributed by atoms with Crippen molar-refractivity contribution in [3.8, 4) is 0 Å². The molecule has 1 saturated heterocycles. The molecule has 1 amide bonds. The summed E-state index contributed by atoms with van der Waals surface area (Å²) >= 11 is 0. The topological polar surface area (TPSA) is 73.9 Å². The molecule has 0 saturated carbocycles. The lowest BCUT2D eigenvalue weighted by atomic mass is 9.77. The molecule has 0 bridgehead atoms. The molecule has 7 heteroatoms. The minimum absolute atomic E-state index is 0.0968. The molecular formula is C26H32BNO5. The predicted octanol–water partition coefficient (Wildman–Crippen LogP) is 5.22. The quantitative estimate of drug-likeness (QED) is 0.442. The first-order valence-corrected chi connectivity index (χ1v) is 11.3. The van der Waals surface area contributed by atoms with Crippen LogP contribution in [0, 0.1) is 0 Å². The first-order valence-electron chi connectivity index (χ1n) is 11.3. The molecule has 0 aliphatic carbocycles. The van der Waals surface area contributed by atoms with Gasteiger partial charge in [0.1, 0.15) is 6.61 Å². The lowest BCUT2D eigenvalue weighted by Crippen LogP contribution is -2.41. The van der Waals surface area contributed by atoms with Gasteiger partial charge in [0.2, 0.25) is 0 Å². The number of hydrogen-bond donors (Lipinski definition) is 1. The Labute approximate surface area is 196 Å². The number of amides is 1. The van der Waals surface area contributed by atoms with Crippen LogP contribution in [0.15, 0.2) is 60.1 Å². The minimum Gasteiger partial charge on any atom is -0.445 e. The van der Waals surface area contributed by atoms with Gasteiger partial charge in [-0.15, -0.1) is 0 Å². The molecule has 0 radical (unpaired) electrons. The Morgan fingerprint density at radius 1 is 0.970 bits per heavy atom. The van der Waals surface area contributed by atoms with E-state index < -0.39 is 24.4 Å². The zero-order chi connectivity index (χ0) is 24.1. The summed E-state index contributed by atoms with van der Waals surface area (Å²) in [5.41, 5.74) is 2.20. The van der Waals surface area contributed by atoms with E-state index in [0.717, 1.165) is 16.6 Å². The number of ketones is 1. The normalized spacial score (nSPS) is 17.0. The number of Topliss-reactive ketones (excluding diaryl/α,β-unsaturated/α-hetero) is 1. The van der Waals surface area contributed by atoms with Crippen molar-refractivity contribution in [2.45, 2.75) is 58.8 Å². The van der Waals surface area contributed by atoms with Crippen molar-refractivity contribution in [3.05, 3.63) is 76.8 Å². The molecule has 1 N–H and O–H groups in total. The van der Waals surface area contributed by atoms with Gasteiger partial charge in [-0.05, 0) is 44.3 Å². The number of ether oxygens (including phenoxy) is 1. The molecule has 1 aliphatic rings. The van der Waals surface area contributed by atoms with Gasteiger partial charge in [-0.3, -0.25) is 4.79 Å². The number of rotatable bonds is 8. The third-order valence-electron chi connectivity index (χ3n) is 6.11. The number of carbonyl (C=O) groups is 2. The van der Waals surface area contributed by atoms with Crippen LogP contribution in [0.2, 0.25) is 0 Å². The lowest BCUT2D eigenvalue weighted by Gasteiger charge is -2.32. The average Bonchev–Trinajstić information content (AvgIpc) is 3.02. The second kappa shape index (κ2) is 10.4. The summed E-state index contributed by atoms with van der Waals surface area (Å²) in [7, 11) is -0.624. The third kappa shape index (κ3) is 6.33. The predicted molar refractivity (Wildman–Crippen MR) is 130 cm³/mol. The van der Waals surface area contributed by atoms with Crippen LogP contribution in [0.4, 0.5) is 4.79 Å². The highest BCUT2D eigenvalue weighted by molar-refractivity contribution is 6.56. The molecule has 33 heavy (non-hydrogen) atoms. The molecule has 3 rings (SSSR count). The molecule has 2 aromatic carbocycles. The first kappa shape index (κ1) is 24.7. The molecule has 0 aromatic heterocycles. The Bertz CT molecular complexity index is 983. The molecule has 6 nitrogen and oxygen atoms in total. The van der Waals surface area contributed by atoms with Crippen LogP contribution in [-0.4, -0.2) is 36.7 Å². The zero-order valence-corrected chi connectivity index (χ0v) is 20.0. The van der Waals surface area contributed by atoms with E-state index >= 15 is 0 Å². The molecule has 0 unspecified atom stereocenters. The standard InChI is InChI=1S/C26H32BNO5/c1-6-23(29)21-14-12-19(13-15-21)16-22(27-32-25(2,3)26(4,5)33-27)17-28-24(30)31-18-20-10-8-7-9-11-20/h7-16H,6,17-18H2,1-5H3,(H,28,30).